The van der Waals surface area contributed by atoms with Crippen LogP contribution in [0.15, 0.2) is 18.5 Å². The third-order valence-electron chi connectivity index (χ3n) is 1.40. The van der Waals surface area contributed by atoms with Gasteiger partial charge in [-0.3, -0.25) is 4.79 Å². The molecule has 1 rings (SSSR count). The Labute approximate surface area is 101 Å². The summed E-state index contributed by atoms with van der Waals surface area (Å²) in [5, 5.41) is 4.96. The molecule has 1 aromatic heterocycles. The molecular weight excluding hydrogens is 262 g/mol. The zero-order valence-electron chi connectivity index (χ0n) is 7.32. The van der Waals surface area contributed by atoms with Crippen molar-refractivity contribution in [2.75, 3.05) is 5.32 Å². The fourth-order valence-corrected chi connectivity index (χ4v) is 1.14. The van der Waals surface area contributed by atoms with Gasteiger partial charge < -0.3 is 10.6 Å². The number of anilines is 1. The maximum atomic E-state index is 10.3. The molecule has 8 heteroatoms. The molecule has 15 heavy (non-hydrogen) atoms. The highest BCUT2D eigenvalue weighted by atomic mass is 35.6. The standard InChI is InChI=1S/C7H7Cl3N4O/c8-7(9,10)5(13-4-15)14-6-11-2-1-3-12-6/h1-5H,(H,13,15)(H,11,12,14)/t5-/m0/s1. The van der Waals surface area contributed by atoms with Gasteiger partial charge in [0, 0.05) is 12.4 Å². The molecule has 0 unspecified atom stereocenters. The Morgan fingerprint density at radius 1 is 1.33 bits per heavy atom. The molecule has 0 fully saturated rings. The Kier molecular flexibility index (Phi) is 4.38. The largest absolute Gasteiger partial charge is 0.335 e. The highest BCUT2D eigenvalue weighted by Gasteiger charge is 2.32. The molecule has 0 saturated carbocycles. The van der Waals surface area contributed by atoms with Gasteiger partial charge in [-0.25, -0.2) is 9.97 Å². The molecule has 0 aliphatic carbocycles. The molecule has 0 bridgehead atoms. The molecule has 1 amide bonds. The van der Waals surface area contributed by atoms with Gasteiger partial charge in [0.2, 0.25) is 16.2 Å². The number of alkyl halides is 3. The van der Waals surface area contributed by atoms with E-state index in [1.165, 1.54) is 12.4 Å². The molecule has 2 N–H and O–H groups in total. The second-order valence-corrected chi connectivity index (χ2v) is 4.84. The quantitative estimate of drug-likeness (QED) is 0.492. The summed E-state index contributed by atoms with van der Waals surface area (Å²) in [4.78, 5) is 18.0. The second kappa shape index (κ2) is 5.34. The number of carbonyl (C=O) groups excluding carboxylic acids is 1. The van der Waals surface area contributed by atoms with E-state index in [0.29, 0.717) is 6.41 Å². The van der Waals surface area contributed by atoms with Crippen molar-refractivity contribution in [1.29, 1.82) is 0 Å². The van der Waals surface area contributed by atoms with Gasteiger partial charge in [-0.1, -0.05) is 34.8 Å². The van der Waals surface area contributed by atoms with Gasteiger partial charge in [-0.15, -0.1) is 0 Å². The van der Waals surface area contributed by atoms with Gasteiger partial charge in [0.1, 0.15) is 6.17 Å². The van der Waals surface area contributed by atoms with Gasteiger partial charge in [-0.05, 0) is 6.07 Å². The van der Waals surface area contributed by atoms with Crippen LogP contribution in [0.4, 0.5) is 5.95 Å². The first-order valence-corrected chi connectivity index (χ1v) is 4.97. The second-order valence-electron chi connectivity index (χ2n) is 2.48. The molecule has 5 nitrogen and oxygen atoms in total. The zero-order chi connectivity index (χ0) is 11.3. The monoisotopic (exact) mass is 268 g/mol. The number of carbonyl (C=O) groups is 1. The average Bonchev–Trinajstić information content (AvgIpc) is 2.17. The highest BCUT2D eigenvalue weighted by molar-refractivity contribution is 6.68. The number of hydrogen-bond donors (Lipinski definition) is 2. The summed E-state index contributed by atoms with van der Waals surface area (Å²) in [6, 6.07) is 1.64. The minimum absolute atomic E-state index is 0.253. The third kappa shape index (κ3) is 4.07. The van der Waals surface area contributed by atoms with E-state index in [1.807, 2.05) is 0 Å². The van der Waals surface area contributed by atoms with E-state index in [2.05, 4.69) is 20.6 Å². The van der Waals surface area contributed by atoms with Crippen LogP contribution in [0.5, 0.6) is 0 Å². The number of amides is 1. The number of hydrogen-bond acceptors (Lipinski definition) is 4. The van der Waals surface area contributed by atoms with Crippen LogP contribution in [0.2, 0.25) is 0 Å². The van der Waals surface area contributed by atoms with Crippen LogP contribution in [-0.4, -0.2) is 26.3 Å². The van der Waals surface area contributed by atoms with Crippen molar-refractivity contribution < 1.29 is 4.79 Å². The summed E-state index contributed by atoms with van der Waals surface area (Å²) < 4.78 is -1.69. The Bertz CT molecular complexity index is 316. The Morgan fingerprint density at radius 2 is 1.93 bits per heavy atom. The Balaban J connectivity index is 2.71. The lowest BCUT2D eigenvalue weighted by Gasteiger charge is -2.24. The minimum Gasteiger partial charge on any atom is -0.335 e. The van der Waals surface area contributed by atoms with Crippen molar-refractivity contribution in [3.63, 3.8) is 0 Å². The topological polar surface area (TPSA) is 66.9 Å². The number of nitrogens with zero attached hydrogens (tertiary/aromatic N) is 2. The predicted molar refractivity (Wildman–Crippen MR) is 58.9 cm³/mol. The summed E-state index contributed by atoms with van der Waals surface area (Å²) in [5.41, 5.74) is 0. The predicted octanol–water partition coefficient (Wildman–Crippen LogP) is 1.33. The molecule has 0 radical (unpaired) electrons. The van der Waals surface area contributed by atoms with Crippen LogP contribution in [0.1, 0.15) is 0 Å². The van der Waals surface area contributed by atoms with E-state index in [0.717, 1.165) is 0 Å². The van der Waals surface area contributed by atoms with E-state index < -0.39 is 9.96 Å². The van der Waals surface area contributed by atoms with E-state index in [4.69, 9.17) is 34.8 Å². The van der Waals surface area contributed by atoms with Crippen LogP contribution in [0.3, 0.4) is 0 Å². The van der Waals surface area contributed by atoms with Crippen molar-refractivity contribution in [3.8, 4) is 0 Å². The van der Waals surface area contributed by atoms with Gasteiger partial charge in [0.25, 0.3) is 0 Å². The van der Waals surface area contributed by atoms with E-state index >= 15 is 0 Å². The Morgan fingerprint density at radius 3 is 2.40 bits per heavy atom. The number of nitrogens with one attached hydrogen (secondary N) is 2. The van der Waals surface area contributed by atoms with Crippen LogP contribution < -0.4 is 10.6 Å². The van der Waals surface area contributed by atoms with Crippen LogP contribution in [-0.2, 0) is 4.79 Å². The number of halogens is 3. The normalized spacial score (nSPS) is 13.0. The molecule has 1 heterocycles. The van der Waals surface area contributed by atoms with Crippen LogP contribution in [0.25, 0.3) is 0 Å². The van der Waals surface area contributed by atoms with Crippen molar-refractivity contribution in [2.45, 2.75) is 9.96 Å². The smallest absolute Gasteiger partial charge is 0.228 e. The van der Waals surface area contributed by atoms with E-state index in [1.54, 1.807) is 6.07 Å². The van der Waals surface area contributed by atoms with Gasteiger partial charge in [0.05, 0.1) is 0 Å². The molecule has 1 atom stereocenters. The van der Waals surface area contributed by atoms with Gasteiger partial charge in [0.15, 0.2) is 0 Å². The molecule has 0 aliphatic heterocycles. The molecule has 1 aromatic rings. The molecule has 0 aromatic carbocycles. The summed E-state index contributed by atoms with van der Waals surface area (Å²) >= 11 is 16.9. The van der Waals surface area contributed by atoms with Gasteiger partial charge in [-0.2, -0.15) is 0 Å². The third-order valence-corrected chi connectivity index (χ3v) is 2.06. The van der Waals surface area contributed by atoms with E-state index in [-0.39, 0.29) is 5.95 Å². The van der Waals surface area contributed by atoms with Crippen LogP contribution >= 0.6 is 34.8 Å². The van der Waals surface area contributed by atoms with Crippen molar-refractivity contribution >= 4 is 47.2 Å². The zero-order valence-corrected chi connectivity index (χ0v) is 9.59. The maximum absolute atomic E-state index is 10.3. The lowest BCUT2D eigenvalue weighted by atomic mass is 10.5. The summed E-state index contributed by atoms with van der Waals surface area (Å²) in [7, 11) is 0. The first-order chi connectivity index (χ1) is 7.04. The van der Waals surface area contributed by atoms with Gasteiger partial charge >= 0.3 is 0 Å². The minimum atomic E-state index is -1.69. The number of aromatic nitrogens is 2. The lowest BCUT2D eigenvalue weighted by Crippen LogP contribution is -2.46. The van der Waals surface area contributed by atoms with Crippen LogP contribution in [0, 0.1) is 0 Å². The summed E-state index contributed by atoms with van der Waals surface area (Å²) in [6.07, 6.45) is 2.56. The lowest BCUT2D eigenvalue weighted by molar-refractivity contribution is -0.110. The molecular formula is C7H7Cl3N4O. The first kappa shape index (κ1) is 12.3. The van der Waals surface area contributed by atoms with Crippen molar-refractivity contribution in [1.82, 2.24) is 15.3 Å². The van der Waals surface area contributed by atoms with Crippen molar-refractivity contribution in [2.24, 2.45) is 0 Å². The number of rotatable bonds is 4. The molecule has 82 valence electrons. The molecule has 0 spiro atoms. The molecule has 0 saturated heterocycles. The highest BCUT2D eigenvalue weighted by Crippen LogP contribution is 2.30. The summed E-state index contributed by atoms with van der Waals surface area (Å²) in [6.45, 7) is 0. The Hall–Kier alpha value is -0.780. The molecule has 0 aliphatic rings. The maximum Gasteiger partial charge on any atom is 0.228 e. The fraction of sp³-hybridized carbons (Fsp3) is 0.286. The van der Waals surface area contributed by atoms with Crippen molar-refractivity contribution in [3.05, 3.63) is 18.5 Å². The average molecular weight is 270 g/mol. The first-order valence-electron chi connectivity index (χ1n) is 3.84. The van der Waals surface area contributed by atoms with E-state index in [9.17, 15) is 4.79 Å². The fourth-order valence-electron chi connectivity index (χ4n) is 0.789. The summed E-state index contributed by atoms with van der Waals surface area (Å²) in [5.74, 6) is 0.253. The SMILES string of the molecule is O=CN[C@@H](Nc1ncccn1)C(Cl)(Cl)Cl.